The molecule has 1 atom stereocenters. The molecule has 1 fully saturated rings. The van der Waals surface area contributed by atoms with Gasteiger partial charge in [0, 0.05) is 31.7 Å². The lowest BCUT2D eigenvalue weighted by Gasteiger charge is -2.36. The molecule has 1 N–H and O–H groups in total. The van der Waals surface area contributed by atoms with E-state index >= 15 is 0 Å². The number of rotatable bonds is 1. The van der Waals surface area contributed by atoms with Crippen LogP contribution in [0, 0.1) is 11.6 Å². The number of nitrogens with zero attached hydrogens (tertiary/aromatic N) is 1. The van der Waals surface area contributed by atoms with Crippen molar-refractivity contribution in [2.75, 3.05) is 24.5 Å². The van der Waals surface area contributed by atoms with Crippen LogP contribution in [0.4, 0.5) is 14.5 Å². The molecule has 0 saturated carbocycles. The van der Waals surface area contributed by atoms with Crippen molar-refractivity contribution in [2.45, 2.75) is 13.0 Å². The fourth-order valence-electron chi connectivity index (χ4n) is 1.90. The molecule has 2 rings (SSSR count). The molecule has 0 amide bonds. The van der Waals surface area contributed by atoms with E-state index in [2.05, 4.69) is 5.32 Å². The van der Waals surface area contributed by atoms with Crippen molar-refractivity contribution >= 4 is 18.1 Å². The van der Waals surface area contributed by atoms with Gasteiger partial charge in [-0.15, -0.1) is 12.4 Å². The first-order valence-electron chi connectivity index (χ1n) is 5.11. The fraction of sp³-hybridized carbons (Fsp3) is 0.455. The molecule has 2 nitrogen and oxygen atoms in total. The first-order chi connectivity index (χ1) is 7.18. The van der Waals surface area contributed by atoms with Crippen LogP contribution in [0.25, 0.3) is 0 Å². The Hall–Kier alpha value is -0.870. The van der Waals surface area contributed by atoms with Crippen molar-refractivity contribution in [3.63, 3.8) is 0 Å². The van der Waals surface area contributed by atoms with Gasteiger partial charge in [-0.3, -0.25) is 0 Å². The Morgan fingerprint density at radius 2 is 2.12 bits per heavy atom. The number of halogens is 3. The highest BCUT2D eigenvalue weighted by Crippen LogP contribution is 2.23. The Kier molecular flexibility index (Phi) is 4.50. The van der Waals surface area contributed by atoms with Gasteiger partial charge in [-0.2, -0.15) is 0 Å². The molecule has 1 aromatic carbocycles. The molecule has 90 valence electrons. The molecule has 1 heterocycles. The third kappa shape index (κ3) is 2.62. The first-order valence-corrected chi connectivity index (χ1v) is 5.11. The molecule has 1 saturated heterocycles. The number of benzene rings is 1. The van der Waals surface area contributed by atoms with E-state index in [0.29, 0.717) is 12.2 Å². The molecule has 0 spiro atoms. The highest BCUT2D eigenvalue weighted by Gasteiger charge is 2.21. The van der Waals surface area contributed by atoms with Gasteiger partial charge in [0.2, 0.25) is 0 Å². The second-order valence-electron chi connectivity index (χ2n) is 3.84. The molecule has 0 aromatic heterocycles. The molecule has 1 aliphatic heterocycles. The van der Waals surface area contributed by atoms with E-state index in [4.69, 9.17) is 0 Å². The van der Waals surface area contributed by atoms with Gasteiger partial charge in [-0.25, -0.2) is 8.78 Å². The van der Waals surface area contributed by atoms with Crippen molar-refractivity contribution in [3.8, 4) is 0 Å². The zero-order valence-electron chi connectivity index (χ0n) is 9.04. The van der Waals surface area contributed by atoms with Gasteiger partial charge < -0.3 is 10.2 Å². The van der Waals surface area contributed by atoms with Gasteiger partial charge in [0.15, 0.2) is 0 Å². The lowest BCUT2D eigenvalue weighted by molar-refractivity contribution is 0.488. The van der Waals surface area contributed by atoms with Crippen LogP contribution in [-0.2, 0) is 0 Å². The molecule has 16 heavy (non-hydrogen) atoms. The van der Waals surface area contributed by atoms with Gasteiger partial charge in [-0.05, 0) is 19.1 Å². The second-order valence-corrected chi connectivity index (χ2v) is 3.84. The summed E-state index contributed by atoms with van der Waals surface area (Å²) in [4.78, 5) is 1.90. The summed E-state index contributed by atoms with van der Waals surface area (Å²) in [5, 5.41) is 3.21. The van der Waals surface area contributed by atoms with Crippen LogP contribution in [-0.4, -0.2) is 25.7 Å². The third-order valence-electron chi connectivity index (χ3n) is 2.72. The molecule has 0 radical (unpaired) electrons. The van der Waals surface area contributed by atoms with Crippen LogP contribution in [0.1, 0.15) is 6.92 Å². The van der Waals surface area contributed by atoms with E-state index in [1.165, 1.54) is 12.1 Å². The van der Waals surface area contributed by atoms with Gasteiger partial charge in [0.1, 0.15) is 11.6 Å². The number of hydrogen-bond donors (Lipinski definition) is 1. The van der Waals surface area contributed by atoms with Crippen molar-refractivity contribution in [2.24, 2.45) is 0 Å². The second kappa shape index (κ2) is 5.46. The average Bonchev–Trinajstić information content (AvgIpc) is 2.23. The first kappa shape index (κ1) is 13.2. The largest absolute Gasteiger partial charge is 0.364 e. The normalized spacial score (nSPS) is 20.4. The minimum Gasteiger partial charge on any atom is -0.364 e. The van der Waals surface area contributed by atoms with Gasteiger partial charge >= 0.3 is 0 Å². The molecule has 0 unspecified atom stereocenters. The molecule has 1 aromatic rings. The molecule has 5 heteroatoms. The monoisotopic (exact) mass is 248 g/mol. The van der Waals surface area contributed by atoms with Crippen molar-refractivity contribution in [1.29, 1.82) is 0 Å². The fourth-order valence-corrected chi connectivity index (χ4v) is 1.90. The predicted molar refractivity (Wildman–Crippen MR) is 63.3 cm³/mol. The van der Waals surface area contributed by atoms with E-state index in [1.807, 2.05) is 11.8 Å². The maximum Gasteiger partial charge on any atom is 0.146 e. The van der Waals surface area contributed by atoms with Crippen LogP contribution in [0.3, 0.4) is 0 Å². The summed E-state index contributed by atoms with van der Waals surface area (Å²) in [5.74, 6) is -0.748. The lowest BCUT2D eigenvalue weighted by Crippen LogP contribution is -2.50. The summed E-state index contributed by atoms with van der Waals surface area (Å²) < 4.78 is 26.5. The molecule has 0 aliphatic carbocycles. The van der Waals surface area contributed by atoms with Crippen LogP contribution in [0.15, 0.2) is 18.2 Å². The van der Waals surface area contributed by atoms with Crippen molar-refractivity contribution in [3.05, 3.63) is 29.8 Å². The summed E-state index contributed by atoms with van der Waals surface area (Å²) in [7, 11) is 0. The average molecular weight is 249 g/mol. The third-order valence-corrected chi connectivity index (χ3v) is 2.72. The maximum absolute atomic E-state index is 13.5. The number of piperazine rings is 1. The standard InChI is InChI=1S/C11H14F2N2.ClH/c1-8-7-14-4-5-15(8)11-6-9(12)2-3-10(11)13;/h2-3,6,8,14H,4-5,7H2,1H3;1H/t8-;/m0./s1. The smallest absolute Gasteiger partial charge is 0.146 e. The Morgan fingerprint density at radius 1 is 1.38 bits per heavy atom. The van der Waals surface area contributed by atoms with E-state index < -0.39 is 5.82 Å². The minimum absolute atomic E-state index is 0. The predicted octanol–water partition coefficient (Wildman–Crippen LogP) is 2.18. The Labute approximate surface area is 100 Å². The Bertz CT molecular complexity index is 360. The maximum atomic E-state index is 13.5. The molecular formula is C11H15ClF2N2. The highest BCUT2D eigenvalue weighted by atomic mass is 35.5. The van der Waals surface area contributed by atoms with E-state index in [-0.39, 0.29) is 24.3 Å². The van der Waals surface area contributed by atoms with Crippen LogP contribution < -0.4 is 10.2 Å². The molecule has 1 aliphatic rings. The number of nitrogens with one attached hydrogen (secondary N) is 1. The van der Waals surface area contributed by atoms with Gasteiger partial charge in [0.05, 0.1) is 5.69 Å². The van der Waals surface area contributed by atoms with Crippen LogP contribution in [0.2, 0.25) is 0 Å². The number of anilines is 1. The number of hydrogen-bond acceptors (Lipinski definition) is 2. The Morgan fingerprint density at radius 3 is 2.81 bits per heavy atom. The van der Waals surface area contributed by atoms with Crippen LogP contribution >= 0.6 is 12.4 Å². The molecule has 0 bridgehead atoms. The molecular weight excluding hydrogens is 234 g/mol. The topological polar surface area (TPSA) is 15.3 Å². The van der Waals surface area contributed by atoms with Crippen molar-refractivity contribution < 1.29 is 8.78 Å². The lowest BCUT2D eigenvalue weighted by atomic mass is 10.1. The van der Waals surface area contributed by atoms with Gasteiger partial charge in [-0.1, -0.05) is 0 Å². The zero-order chi connectivity index (χ0) is 10.8. The van der Waals surface area contributed by atoms with E-state index in [1.54, 1.807) is 0 Å². The summed E-state index contributed by atoms with van der Waals surface area (Å²) in [5.41, 5.74) is 0.365. The SMILES string of the molecule is C[C@H]1CNCCN1c1cc(F)ccc1F.Cl. The van der Waals surface area contributed by atoms with E-state index in [0.717, 1.165) is 19.2 Å². The zero-order valence-corrected chi connectivity index (χ0v) is 9.86. The van der Waals surface area contributed by atoms with Crippen LogP contribution in [0.5, 0.6) is 0 Å². The Balaban J connectivity index is 0.00000128. The van der Waals surface area contributed by atoms with E-state index in [9.17, 15) is 8.78 Å². The minimum atomic E-state index is -0.392. The summed E-state index contributed by atoms with van der Waals surface area (Å²) in [6, 6.07) is 3.78. The van der Waals surface area contributed by atoms with Crippen molar-refractivity contribution in [1.82, 2.24) is 5.32 Å². The summed E-state index contributed by atoms with van der Waals surface area (Å²) in [6.45, 7) is 4.31. The van der Waals surface area contributed by atoms with Gasteiger partial charge in [0.25, 0.3) is 0 Å². The summed E-state index contributed by atoms with van der Waals surface area (Å²) in [6.07, 6.45) is 0. The highest BCUT2D eigenvalue weighted by molar-refractivity contribution is 5.85. The quantitative estimate of drug-likeness (QED) is 0.820. The summed E-state index contributed by atoms with van der Waals surface area (Å²) >= 11 is 0.